The summed E-state index contributed by atoms with van der Waals surface area (Å²) in [6.45, 7) is 0.413. The first kappa shape index (κ1) is 23.8. The van der Waals surface area contributed by atoms with Crippen molar-refractivity contribution in [2.45, 2.75) is 6.54 Å². The van der Waals surface area contributed by atoms with Gasteiger partial charge in [-0.25, -0.2) is 10.4 Å². The van der Waals surface area contributed by atoms with Gasteiger partial charge < -0.3 is 10.2 Å². The summed E-state index contributed by atoms with van der Waals surface area (Å²) in [5, 5.41) is 10.2. The van der Waals surface area contributed by atoms with Crippen molar-refractivity contribution in [2.75, 3.05) is 10.2 Å². The molecule has 0 spiro atoms. The number of benzene rings is 4. The van der Waals surface area contributed by atoms with Crippen LogP contribution in [0.25, 0.3) is 10.8 Å². The van der Waals surface area contributed by atoms with E-state index in [1.54, 1.807) is 17.0 Å². The highest BCUT2D eigenvalue weighted by Gasteiger charge is 2.29. The van der Waals surface area contributed by atoms with E-state index in [0.29, 0.717) is 27.3 Å². The zero-order valence-electron chi connectivity index (χ0n) is 19.9. The van der Waals surface area contributed by atoms with E-state index in [0.717, 1.165) is 33.3 Å². The maximum absolute atomic E-state index is 13.0. The fraction of sp³-hybridized carbons (Fsp3) is 0.0345. The van der Waals surface area contributed by atoms with Crippen molar-refractivity contribution >= 4 is 68.2 Å². The van der Waals surface area contributed by atoms with E-state index in [1.807, 2.05) is 78.9 Å². The first-order chi connectivity index (χ1) is 18.6. The number of hydrazone groups is 1. The number of carbonyl (C=O) groups is 2. The molecule has 0 aliphatic carbocycles. The SMILES string of the molecule is O=C(NN=Cc1sc(Nc2ccccc2)nc1Cl)c1ccc(CN2C(=O)c3cccc4cccc2c34)cc1. The number of thiazole rings is 1. The fourth-order valence-electron chi connectivity index (χ4n) is 4.39. The van der Waals surface area contributed by atoms with Crippen LogP contribution in [0.15, 0.2) is 96.1 Å². The second-order valence-electron chi connectivity index (χ2n) is 8.63. The molecule has 0 bridgehead atoms. The van der Waals surface area contributed by atoms with Crippen LogP contribution in [0.5, 0.6) is 0 Å². The van der Waals surface area contributed by atoms with E-state index in [9.17, 15) is 9.59 Å². The predicted molar refractivity (Wildman–Crippen MR) is 153 cm³/mol. The highest BCUT2D eigenvalue weighted by atomic mass is 35.5. The van der Waals surface area contributed by atoms with Crippen molar-refractivity contribution < 1.29 is 9.59 Å². The average molecular weight is 538 g/mol. The smallest absolute Gasteiger partial charge is 0.271 e. The second kappa shape index (κ2) is 10.1. The Balaban J connectivity index is 1.09. The Morgan fingerprint density at radius 3 is 2.53 bits per heavy atom. The Hall–Kier alpha value is -4.53. The van der Waals surface area contributed by atoms with Crippen LogP contribution in [0.3, 0.4) is 0 Å². The Morgan fingerprint density at radius 2 is 1.74 bits per heavy atom. The van der Waals surface area contributed by atoms with E-state index >= 15 is 0 Å². The molecule has 0 saturated heterocycles. The predicted octanol–water partition coefficient (Wildman–Crippen LogP) is 6.62. The Kier molecular flexibility index (Phi) is 6.33. The summed E-state index contributed by atoms with van der Waals surface area (Å²) in [5.41, 5.74) is 6.41. The normalized spacial score (nSPS) is 12.4. The first-order valence-electron chi connectivity index (χ1n) is 11.8. The molecule has 9 heteroatoms. The summed E-state index contributed by atoms with van der Waals surface area (Å²) in [7, 11) is 0. The number of amides is 2. The van der Waals surface area contributed by atoms with Gasteiger partial charge >= 0.3 is 0 Å². The second-order valence-corrected chi connectivity index (χ2v) is 10.0. The minimum absolute atomic E-state index is 0.0168. The van der Waals surface area contributed by atoms with Gasteiger partial charge in [0.2, 0.25) is 0 Å². The maximum Gasteiger partial charge on any atom is 0.271 e. The Bertz CT molecular complexity index is 1690. The van der Waals surface area contributed by atoms with Crippen LogP contribution >= 0.6 is 22.9 Å². The van der Waals surface area contributed by atoms with E-state index in [4.69, 9.17) is 11.6 Å². The minimum atomic E-state index is -0.356. The summed E-state index contributed by atoms with van der Waals surface area (Å²) >= 11 is 7.55. The van der Waals surface area contributed by atoms with Crippen molar-refractivity contribution in [2.24, 2.45) is 5.10 Å². The molecule has 5 aromatic rings. The lowest BCUT2D eigenvalue weighted by atomic mass is 10.1. The molecule has 2 N–H and O–H groups in total. The third kappa shape index (κ3) is 4.63. The quantitative estimate of drug-likeness (QED) is 0.180. The number of rotatable bonds is 7. The van der Waals surface area contributed by atoms with Crippen LogP contribution < -0.4 is 15.6 Å². The summed E-state index contributed by atoms with van der Waals surface area (Å²) < 4.78 is 0. The van der Waals surface area contributed by atoms with Crippen LogP contribution in [0, 0.1) is 0 Å². The summed E-state index contributed by atoms with van der Waals surface area (Å²) in [4.78, 5) is 32.3. The highest BCUT2D eigenvalue weighted by molar-refractivity contribution is 7.17. The highest BCUT2D eigenvalue weighted by Crippen LogP contribution is 2.38. The lowest BCUT2D eigenvalue weighted by Gasteiger charge is -2.18. The number of halogens is 1. The van der Waals surface area contributed by atoms with Crippen LogP contribution in [0.4, 0.5) is 16.5 Å². The zero-order valence-corrected chi connectivity index (χ0v) is 21.5. The fourth-order valence-corrected chi connectivity index (χ4v) is 5.43. The topological polar surface area (TPSA) is 86.7 Å². The van der Waals surface area contributed by atoms with Gasteiger partial charge in [-0.1, -0.05) is 77.5 Å². The molecule has 2 amide bonds. The number of anilines is 3. The molecule has 38 heavy (non-hydrogen) atoms. The average Bonchev–Trinajstić information content (AvgIpc) is 3.42. The van der Waals surface area contributed by atoms with Crippen molar-refractivity contribution in [1.82, 2.24) is 10.4 Å². The third-order valence-corrected chi connectivity index (χ3v) is 7.49. The molecule has 0 atom stereocenters. The third-order valence-electron chi connectivity index (χ3n) is 6.19. The molecule has 0 saturated carbocycles. The van der Waals surface area contributed by atoms with Crippen molar-refractivity contribution in [3.05, 3.63) is 118 Å². The molecule has 0 radical (unpaired) electrons. The molecule has 1 aliphatic heterocycles. The van der Waals surface area contributed by atoms with Crippen LogP contribution in [0.1, 0.15) is 31.2 Å². The molecule has 4 aromatic carbocycles. The molecular formula is C29H20ClN5O2S. The van der Waals surface area contributed by atoms with Gasteiger partial charge in [0.15, 0.2) is 10.3 Å². The monoisotopic (exact) mass is 537 g/mol. The molecule has 7 nitrogen and oxygen atoms in total. The van der Waals surface area contributed by atoms with Gasteiger partial charge in [0.25, 0.3) is 11.8 Å². The number of para-hydroxylation sites is 1. The van der Waals surface area contributed by atoms with Gasteiger partial charge in [-0.05, 0) is 47.3 Å². The largest absolute Gasteiger partial charge is 0.331 e. The molecule has 0 fully saturated rings. The number of carbonyl (C=O) groups excluding carboxylic acids is 2. The van der Waals surface area contributed by atoms with Crippen molar-refractivity contribution in [3.63, 3.8) is 0 Å². The molecule has 1 aromatic heterocycles. The van der Waals surface area contributed by atoms with E-state index in [-0.39, 0.29) is 11.8 Å². The van der Waals surface area contributed by atoms with Crippen LogP contribution in [0.2, 0.25) is 5.15 Å². The number of hydrogen-bond acceptors (Lipinski definition) is 6. The van der Waals surface area contributed by atoms with E-state index in [2.05, 4.69) is 20.8 Å². The molecule has 186 valence electrons. The number of hydrogen-bond donors (Lipinski definition) is 2. The summed E-state index contributed by atoms with van der Waals surface area (Å²) in [6, 6.07) is 28.5. The standard InChI is InChI=1S/C29H20ClN5O2S/c30-26-24(38-29(33-26)32-21-8-2-1-3-9-21)16-31-34-27(36)20-14-12-18(13-15-20)17-35-23-11-5-7-19-6-4-10-22(25(19)23)28(35)37/h1-16H,17H2,(H,32,33)(H,34,36). The van der Waals surface area contributed by atoms with Gasteiger partial charge in [0.05, 0.1) is 23.3 Å². The summed E-state index contributed by atoms with van der Waals surface area (Å²) in [5.74, 6) is -0.373. The lowest BCUT2D eigenvalue weighted by molar-refractivity contribution is 0.0953. The van der Waals surface area contributed by atoms with E-state index < -0.39 is 0 Å². The number of aromatic nitrogens is 1. The van der Waals surface area contributed by atoms with Crippen LogP contribution in [-0.4, -0.2) is 23.0 Å². The zero-order chi connectivity index (χ0) is 26.1. The van der Waals surface area contributed by atoms with Crippen molar-refractivity contribution in [3.8, 4) is 0 Å². The van der Waals surface area contributed by atoms with Gasteiger partial charge in [-0.2, -0.15) is 5.10 Å². The van der Waals surface area contributed by atoms with Gasteiger partial charge in [-0.15, -0.1) is 0 Å². The molecule has 6 rings (SSSR count). The Morgan fingerprint density at radius 1 is 0.974 bits per heavy atom. The number of nitrogens with one attached hydrogen (secondary N) is 2. The lowest BCUT2D eigenvalue weighted by Crippen LogP contribution is -2.26. The molecule has 2 heterocycles. The van der Waals surface area contributed by atoms with Gasteiger partial charge in [0.1, 0.15) is 0 Å². The van der Waals surface area contributed by atoms with Crippen molar-refractivity contribution in [1.29, 1.82) is 0 Å². The maximum atomic E-state index is 13.0. The molecule has 1 aliphatic rings. The number of nitrogens with zero attached hydrogens (tertiary/aromatic N) is 3. The first-order valence-corrected chi connectivity index (χ1v) is 13.0. The minimum Gasteiger partial charge on any atom is -0.331 e. The van der Waals surface area contributed by atoms with Gasteiger partial charge in [-0.3, -0.25) is 9.59 Å². The Labute approximate surface area is 227 Å². The molecular weight excluding hydrogens is 518 g/mol. The summed E-state index contributed by atoms with van der Waals surface area (Å²) in [6.07, 6.45) is 1.47. The van der Waals surface area contributed by atoms with E-state index in [1.165, 1.54) is 17.6 Å². The van der Waals surface area contributed by atoms with Gasteiger partial charge in [0, 0.05) is 22.2 Å². The van der Waals surface area contributed by atoms with Crippen LogP contribution in [-0.2, 0) is 6.54 Å². The molecule has 0 unspecified atom stereocenters.